The van der Waals surface area contributed by atoms with Crippen molar-refractivity contribution in [2.24, 2.45) is 11.8 Å². The van der Waals surface area contributed by atoms with E-state index in [0.717, 1.165) is 17.7 Å². The Bertz CT molecular complexity index is 886. The molecule has 0 saturated carbocycles. The Morgan fingerprint density at radius 1 is 1.28 bits per heavy atom. The second-order valence-electron chi connectivity index (χ2n) is 7.96. The molecule has 0 aromatic carbocycles. The van der Waals surface area contributed by atoms with Crippen LogP contribution in [0.1, 0.15) is 62.0 Å². The standard InChI is InChI=1S/C21H27N3O4S/c1-13(2)11-16(26)15-5-4-10-24(12-15)20(27)9-8-19-22-23-21(28-19)18-7-6-17(29-18)14(3)25/h6-7,13,15H,4-5,8-12H2,1-3H3/t15-/m0/s1. The molecule has 0 bridgehead atoms. The second kappa shape index (κ2) is 9.43. The summed E-state index contributed by atoms with van der Waals surface area (Å²) < 4.78 is 5.66. The molecule has 3 heterocycles. The number of hydrogen-bond acceptors (Lipinski definition) is 7. The Hall–Kier alpha value is -2.35. The van der Waals surface area contributed by atoms with Gasteiger partial charge in [-0.1, -0.05) is 13.8 Å². The van der Waals surface area contributed by atoms with Gasteiger partial charge in [0, 0.05) is 38.3 Å². The van der Waals surface area contributed by atoms with Gasteiger partial charge in [0.15, 0.2) is 5.78 Å². The number of carbonyl (C=O) groups is 3. The van der Waals surface area contributed by atoms with Crippen LogP contribution in [0, 0.1) is 11.8 Å². The number of likely N-dealkylation sites (tertiary alicyclic amines) is 1. The molecule has 1 atom stereocenters. The lowest BCUT2D eigenvalue weighted by Crippen LogP contribution is -2.42. The van der Waals surface area contributed by atoms with E-state index in [-0.39, 0.29) is 29.8 Å². The molecule has 1 aliphatic heterocycles. The van der Waals surface area contributed by atoms with Gasteiger partial charge in [0.1, 0.15) is 5.78 Å². The van der Waals surface area contributed by atoms with Gasteiger partial charge in [0.25, 0.3) is 5.89 Å². The van der Waals surface area contributed by atoms with Crippen LogP contribution in [0.15, 0.2) is 16.5 Å². The first kappa shape index (κ1) is 21.4. The number of aromatic nitrogens is 2. The van der Waals surface area contributed by atoms with Gasteiger partial charge in [-0.3, -0.25) is 14.4 Å². The van der Waals surface area contributed by atoms with Crippen LogP contribution in [-0.4, -0.2) is 45.7 Å². The van der Waals surface area contributed by atoms with Gasteiger partial charge in [-0.25, -0.2) is 0 Å². The lowest BCUT2D eigenvalue weighted by atomic mass is 9.89. The summed E-state index contributed by atoms with van der Waals surface area (Å²) in [4.78, 5) is 39.5. The van der Waals surface area contributed by atoms with Crippen molar-refractivity contribution >= 4 is 28.8 Å². The van der Waals surface area contributed by atoms with Gasteiger partial charge in [-0.15, -0.1) is 21.5 Å². The minimum atomic E-state index is -0.0422. The Morgan fingerprint density at radius 2 is 2.07 bits per heavy atom. The molecule has 1 aliphatic rings. The number of nitrogens with zero attached hydrogens (tertiary/aromatic N) is 3. The van der Waals surface area contributed by atoms with Gasteiger partial charge in [-0.2, -0.15) is 0 Å². The predicted molar refractivity (Wildman–Crippen MR) is 110 cm³/mol. The molecule has 0 spiro atoms. The quantitative estimate of drug-likeness (QED) is 0.607. The number of rotatable bonds is 8. The van der Waals surface area contributed by atoms with Gasteiger partial charge in [-0.05, 0) is 37.8 Å². The van der Waals surface area contributed by atoms with Crippen LogP contribution < -0.4 is 0 Å². The molecule has 2 aromatic rings. The molecule has 7 nitrogen and oxygen atoms in total. The lowest BCUT2D eigenvalue weighted by Gasteiger charge is -2.32. The largest absolute Gasteiger partial charge is 0.420 e. The highest BCUT2D eigenvalue weighted by Crippen LogP contribution is 2.27. The maximum Gasteiger partial charge on any atom is 0.257 e. The smallest absolute Gasteiger partial charge is 0.257 e. The number of aryl methyl sites for hydroxylation is 1. The molecule has 1 amide bonds. The van der Waals surface area contributed by atoms with Crippen LogP contribution in [0.3, 0.4) is 0 Å². The summed E-state index contributed by atoms with van der Waals surface area (Å²) in [5, 5.41) is 8.05. The summed E-state index contributed by atoms with van der Waals surface area (Å²) in [6, 6.07) is 3.52. The van der Waals surface area contributed by atoms with Gasteiger partial charge >= 0.3 is 0 Å². The molecule has 2 aromatic heterocycles. The van der Waals surface area contributed by atoms with Gasteiger partial charge in [0.2, 0.25) is 11.8 Å². The Labute approximate surface area is 174 Å². The summed E-state index contributed by atoms with van der Waals surface area (Å²) in [5.74, 6) is 1.34. The zero-order valence-corrected chi connectivity index (χ0v) is 18.0. The summed E-state index contributed by atoms with van der Waals surface area (Å²) in [6.45, 7) is 6.81. The summed E-state index contributed by atoms with van der Waals surface area (Å²) >= 11 is 1.31. The molecule has 156 valence electrons. The first-order valence-electron chi connectivity index (χ1n) is 10.1. The third-order valence-electron chi connectivity index (χ3n) is 5.02. The molecule has 29 heavy (non-hydrogen) atoms. The van der Waals surface area contributed by atoms with Crippen molar-refractivity contribution in [3.63, 3.8) is 0 Å². The fraction of sp³-hybridized carbons (Fsp3) is 0.571. The number of piperidine rings is 1. The maximum atomic E-state index is 12.6. The molecular formula is C21H27N3O4S. The average molecular weight is 418 g/mol. The van der Waals surface area contributed by atoms with Crippen LogP contribution in [-0.2, 0) is 16.0 Å². The van der Waals surface area contributed by atoms with Crippen LogP contribution >= 0.6 is 11.3 Å². The first-order valence-corrected chi connectivity index (χ1v) is 10.9. The van der Waals surface area contributed by atoms with Crippen molar-refractivity contribution in [3.8, 4) is 10.8 Å². The number of amides is 1. The maximum absolute atomic E-state index is 12.6. The lowest BCUT2D eigenvalue weighted by molar-refractivity contribution is -0.135. The monoisotopic (exact) mass is 417 g/mol. The highest BCUT2D eigenvalue weighted by Gasteiger charge is 2.28. The molecule has 1 saturated heterocycles. The predicted octanol–water partition coefficient (Wildman–Crippen LogP) is 3.79. The van der Waals surface area contributed by atoms with Crippen molar-refractivity contribution in [2.75, 3.05) is 13.1 Å². The van der Waals surface area contributed by atoms with Crippen LogP contribution in [0.2, 0.25) is 0 Å². The summed E-state index contributed by atoms with van der Waals surface area (Å²) in [6.07, 6.45) is 2.94. The molecule has 0 unspecified atom stereocenters. The number of Topliss-reactive ketones (excluding diaryl/α,β-unsaturated/α-hetero) is 2. The first-order chi connectivity index (χ1) is 13.8. The normalized spacial score (nSPS) is 17.0. The van der Waals surface area contributed by atoms with Crippen molar-refractivity contribution in [3.05, 3.63) is 22.9 Å². The van der Waals surface area contributed by atoms with Crippen molar-refractivity contribution in [2.45, 2.75) is 52.9 Å². The number of thiophene rings is 1. The van der Waals surface area contributed by atoms with Crippen LogP contribution in [0.5, 0.6) is 0 Å². The molecule has 3 rings (SSSR count). The van der Waals surface area contributed by atoms with Crippen LogP contribution in [0.25, 0.3) is 10.8 Å². The minimum absolute atomic E-state index is 0.00158. The summed E-state index contributed by atoms with van der Waals surface area (Å²) in [5.41, 5.74) is 0. The van der Waals surface area contributed by atoms with Crippen molar-refractivity contribution in [1.29, 1.82) is 0 Å². The van der Waals surface area contributed by atoms with Gasteiger partial charge < -0.3 is 9.32 Å². The molecule has 1 fully saturated rings. The number of carbonyl (C=O) groups excluding carboxylic acids is 3. The molecule has 0 aliphatic carbocycles. The van der Waals surface area contributed by atoms with E-state index >= 15 is 0 Å². The highest BCUT2D eigenvalue weighted by atomic mass is 32.1. The second-order valence-corrected chi connectivity index (χ2v) is 9.05. The Balaban J connectivity index is 1.53. The zero-order valence-electron chi connectivity index (χ0n) is 17.1. The van der Waals surface area contributed by atoms with E-state index in [0.29, 0.717) is 48.5 Å². The van der Waals surface area contributed by atoms with E-state index in [4.69, 9.17) is 4.42 Å². The molecule has 0 radical (unpaired) electrons. The fourth-order valence-corrected chi connectivity index (χ4v) is 4.33. The number of ketones is 2. The highest BCUT2D eigenvalue weighted by molar-refractivity contribution is 7.17. The molecular weight excluding hydrogens is 390 g/mol. The van der Waals surface area contributed by atoms with E-state index in [2.05, 4.69) is 10.2 Å². The Kier molecular flexibility index (Phi) is 6.95. The van der Waals surface area contributed by atoms with E-state index in [9.17, 15) is 14.4 Å². The van der Waals surface area contributed by atoms with E-state index in [1.54, 1.807) is 17.0 Å². The SMILES string of the molecule is CC(=O)c1ccc(-c2nnc(CCC(=O)N3CCC[C@H](C(=O)CC(C)C)C3)o2)s1. The van der Waals surface area contributed by atoms with E-state index in [1.165, 1.54) is 18.3 Å². The number of hydrogen-bond donors (Lipinski definition) is 0. The topological polar surface area (TPSA) is 93.4 Å². The van der Waals surface area contributed by atoms with Crippen molar-refractivity contribution in [1.82, 2.24) is 15.1 Å². The zero-order chi connectivity index (χ0) is 21.0. The van der Waals surface area contributed by atoms with Crippen molar-refractivity contribution < 1.29 is 18.8 Å². The van der Waals surface area contributed by atoms with Gasteiger partial charge in [0.05, 0.1) is 9.75 Å². The molecule has 8 heteroatoms. The minimum Gasteiger partial charge on any atom is -0.420 e. The molecule has 0 N–H and O–H groups in total. The average Bonchev–Trinajstić information content (AvgIpc) is 3.35. The third kappa shape index (κ3) is 5.59. The van der Waals surface area contributed by atoms with Crippen LogP contribution in [0.4, 0.5) is 0 Å². The third-order valence-corrected chi connectivity index (χ3v) is 6.20. The van der Waals surface area contributed by atoms with E-state index in [1.807, 2.05) is 13.8 Å². The van der Waals surface area contributed by atoms with E-state index < -0.39 is 0 Å². The summed E-state index contributed by atoms with van der Waals surface area (Å²) in [7, 11) is 0. The fourth-order valence-electron chi connectivity index (χ4n) is 3.50. The Morgan fingerprint density at radius 3 is 2.76 bits per heavy atom.